The Hall–Kier alpha value is -3.61. The van der Waals surface area contributed by atoms with Gasteiger partial charge in [-0.15, -0.1) is 0 Å². The number of nitrogens with zero attached hydrogens (tertiary/aromatic N) is 2. The Morgan fingerprint density at radius 2 is 1.36 bits per heavy atom. The van der Waals surface area contributed by atoms with Crippen LogP contribution in [0.2, 0.25) is 0 Å². The Balaban J connectivity index is 1.71. The van der Waals surface area contributed by atoms with E-state index in [0.29, 0.717) is 28.7 Å². The number of hydrogen-bond acceptors (Lipinski definition) is 6. The molecule has 0 atom stereocenters. The van der Waals surface area contributed by atoms with Gasteiger partial charge in [0.05, 0.1) is 14.2 Å². The van der Waals surface area contributed by atoms with E-state index in [0.717, 1.165) is 17.1 Å². The molecular formula is C21H22N4O3. The number of carbonyl (C=O) groups is 1. The van der Waals surface area contributed by atoms with Crippen molar-refractivity contribution < 1.29 is 14.3 Å². The van der Waals surface area contributed by atoms with E-state index in [1.807, 2.05) is 32.0 Å². The predicted octanol–water partition coefficient (Wildman–Crippen LogP) is 4.11. The van der Waals surface area contributed by atoms with Gasteiger partial charge in [-0.25, -0.2) is 9.97 Å². The topological polar surface area (TPSA) is 85.4 Å². The lowest BCUT2D eigenvalue weighted by Gasteiger charge is -2.10. The van der Waals surface area contributed by atoms with Crippen molar-refractivity contribution in [2.75, 3.05) is 24.9 Å². The SMILES string of the molecule is COc1cc(OC)cc(C(=O)Nc2ccc(Nc3nc(C)cc(C)n3)cc2)c1. The molecule has 0 saturated heterocycles. The van der Waals surface area contributed by atoms with Crippen LogP contribution in [0.3, 0.4) is 0 Å². The van der Waals surface area contributed by atoms with Gasteiger partial charge in [0, 0.05) is 34.4 Å². The van der Waals surface area contributed by atoms with E-state index in [4.69, 9.17) is 9.47 Å². The van der Waals surface area contributed by atoms with Gasteiger partial charge in [-0.05, 0) is 56.3 Å². The Labute approximate surface area is 163 Å². The Morgan fingerprint density at radius 1 is 0.821 bits per heavy atom. The highest BCUT2D eigenvalue weighted by Crippen LogP contribution is 2.24. The van der Waals surface area contributed by atoms with Crippen molar-refractivity contribution in [3.63, 3.8) is 0 Å². The van der Waals surface area contributed by atoms with E-state index < -0.39 is 0 Å². The Bertz CT molecular complexity index is 945. The van der Waals surface area contributed by atoms with E-state index in [1.54, 1.807) is 44.6 Å². The molecule has 0 unspecified atom stereocenters. The molecule has 3 rings (SSSR count). The Kier molecular flexibility index (Phi) is 5.74. The molecule has 2 aromatic carbocycles. The zero-order valence-electron chi connectivity index (χ0n) is 16.2. The first kappa shape index (κ1) is 19.2. The normalized spacial score (nSPS) is 10.3. The summed E-state index contributed by atoms with van der Waals surface area (Å²) in [7, 11) is 3.09. The molecule has 0 aliphatic rings. The lowest BCUT2D eigenvalue weighted by molar-refractivity contribution is 0.102. The number of benzene rings is 2. The maximum Gasteiger partial charge on any atom is 0.255 e. The lowest BCUT2D eigenvalue weighted by atomic mass is 10.1. The van der Waals surface area contributed by atoms with Crippen LogP contribution in [-0.2, 0) is 0 Å². The number of anilines is 3. The van der Waals surface area contributed by atoms with Gasteiger partial charge in [-0.2, -0.15) is 0 Å². The summed E-state index contributed by atoms with van der Waals surface area (Å²) in [5.74, 6) is 1.39. The predicted molar refractivity (Wildman–Crippen MR) is 109 cm³/mol. The Morgan fingerprint density at radius 3 is 1.89 bits per heavy atom. The molecule has 0 spiro atoms. The van der Waals surface area contributed by atoms with Crippen molar-refractivity contribution in [3.05, 3.63) is 65.5 Å². The molecule has 1 aromatic heterocycles. The standard InChI is InChI=1S/C21H22N4O3/c1-13-9-14(2)23-21(22-13)25-17-7-5-16(6-8-17)24-20(26)15-10-18(27-3)12-19(11-15)28-4/h5-12H,1-4H3,(H,24,26)(H,22,23,25). The molecule has 0 saturated carbocycles. The first-order valence-corrected chi connectivity index (χ1v) is 8.70. The third-order valence-corrected chi connectivity index (χ3v) is 3.99. The summed E-state index contributed by atoms with van der Waals surface area (Å²) >= 11 is 0. The molecular weight excluding hydrogens is 356 g/mol. The van der Waals surface area contributed by atoms with Gasteiger partial charge in [-0.3, -0.25) is 4.79 Å². The highest BCUT2D eigenvalue weighted by molar-refractivity contribution is 6.04. The van der Waals surface area contributed by atoms with Gasteiger partial charge in [0.15, 0.2) is 0 Å². The monoisotopic (exact) mass is 378 g/mol. The number of methoxy groups -OCH3 is 2. The largest absolute Gasteiger partial charge is 0.497 e. The zero-order chi connectivity index (χ0) is 20.1. The fourth-order valence-electron chi connectivity index (χ4n) is 2.69. The van der Waals surface area contributed by atoms with E-state index in [1.165, 1.54) is 0 Å². The van der Waals surface area contributed by atoms with E-state index in [-0.39, 0.29) is 5.91 Å². The molecule has 3 aromatic rings. The van der Waals surface area contributed by atoms with Gasteiger partial charge in [-0.1, -0.05) is 0 Å². The highest BCUT2D eigenvalue weighted by Gasteiger charge is 2.10. The molecule has 7 nitrogen and oxygen atoms in total. The smallest absolute Gasteiger partial charge is 0.255 e. The average molecular weight is 378 g/mol. The number of amides is 1. The van der Waals surface area contributed by atoms with E-state index in [9.17, 15) is 4.79 Å². The zero-order valence-corrected chi connectivity index (χ0v) is 16.2. The van der Waals surface area contributed by atoms with Crippen LogP contribution < -0.4 is 20.1 Å². The summed E-state index contributed by atoms with van der Waals surface area (Å²) in [5.41, 5.74) is 3.73. The molecule has 0 bridgehead atoms. The number of hydrogen-bond donors (Lipinski definition) is 2. The molecule has 0 aliphatic carbocycles. The molecule has 28 heavy (non-hydrogen) atoms. The third-order valence-electron chi connectivity index (χ3n) is 3.99. The van der Waals surface area contributed by atoms with Crippen LogP contribution in [-0.4, -0.2) is 30.1 Å². The number of aryl methyl sites for hydroxylation is 2. The fourth-order valence-corrected chi connectivity index (χ4v) is 2.69. The molecule has 1 heterocycles. The van der Waals surface area contributed by atoms with Crippen LogP contribution in [0.15, 0.2) is 48.5 Å². The van der Waals surface area contributed by atoms with E-state index in [2.05, 4.69) is 20.6 Å². The fraction of sp³-hybridized carbons (Fsp3) is 0.190. The number of ether oxygens (including phenoxy) is 2. The lowest BCUT2D eigenvalue weighted by Crippen LogP contribution is -2.12. The van der Waals surface area contributed by atoms with Gasteiger partial charge >= 0.3 is 0 Å². The minimum Gasteiger partial charge on any atom is -0.497 e. The molecule has 1 amide bonds. The van der Waals surface area contributed by atoms with Gasteiger partial charge in [0.25, 0.3) is 5.91 Å². The van der Waals surface area contributed by atoms with Crippen molar-refractivity contribution in [2.24, 2.45) is 0 Å². The third kappa shape index (κ3) is 4.76. The molecule has 144 valence electrons. The minimum atomic E-state index is -0.254. The number of nitrogens with one attached hydrogen (secondary N) is 2. The summed E-state index contributed by atoms with van der Waals surface area (Å²) in [6, 6.07) is 14.3. The van der Waals surface area contributed by atoms with Crippen molar-refractivity contribution in [1.82, 2.24) is 9.97 Å². The molecule has 0 fully saturated rings. The second-order valence-corrected chi connectivity index (χ2v) is 6.23. The summed E-state index contributed by atoms with van der Waals surface area (Å²) in [6.07, 6.45) is 0. The second kappa shape index (κ2) is 8.39. The van der Waals surface area contributed by atoms with Crippen LogP contribution in [0.5, 0.6) is 11.5 Å². The van der Waals surface area contributed by atoms with E-state index >= 15 is 0 Å². The van der Waals surface area contributed by atoms with Crippen LogP contribution >= 0.6 is 0 Å². The summed E-state index contributed by atoms with van der Waals surface area (Å²) < 4.78 is 10.4. The minimum absolute atomic E-state index is 0.254. The maximum atomic E-state index is 12.5. The van der Waals surface area contributed by atoms with Gasteiger partial charge in [0.2, 0.25) is 5.95 Å². The number of carbonyl (C=O) groups excluding carboxylic acids is 1. The van der Waals surface area contributed by atoms with Crippen LogP contribution in [0.1, 0.15) is 21.7 Å². The van der Waals surface area contributed by atoms with Crippen molar-refractivity contribution in [2.45, 2.75) is 13.8 Å². The number of aromatic nitrogens is 2. The van der Waals surface area contributed by atoms with Crippen molar-refractivity contribution >= 4 is 23.2 Å². The first-order chi connectivity index (χ1) is 13.5. The maximum absolute atomic E-state index is 12.5. The first-order valence-electron chi connectivity index (χ1n) is 8.70. The highest BCUT2D eigenvalue weighted by atomic mass is 16.5. The van der Waals surface area contributed by atoms with Crippen LogP contribution in [0.4, 0.5) is 17.3 Å². The van der Waals surface area contributed by atoms with Crippen molar-refractivity contribution in [1.29, 1.82) is 0 Å². The molecule has 2 N–H and O–H groups in total. The molecule has 0 aliphatic heterocycles. The summed E-state index contributed by atoms with van der Waals surface area (Å²) in [6.45, 7) is 3.85. The van der Waals surface area contributed by atoms with Crippen LogP contribution in [0, 0.1) is 13.8 Å². The van der Waals surface area contributed by atoms with Gasteiger partial charge < -0.3 is 20.1 Å². The quantitative estimate of drug-likeness (QED) is 0.671. The number of rotatable bonds is 6. The van der Waals surface area contributed by atoms with Crippen molar-refractivity contribution in [3.8, 4) is 11.5 Å². The average Bonchev–Trinajstić information content (AvgIpc) is 2.68. The second-order valence-electron chi connectivity index (χ2n) is 6.23. The molecule has 0 radical (unpaired) electrons. The van der Waals surface area contributed by atoms with Crippen LogP contribution in [0.25, 0.3) is 0 Å². The summed E-state index contributed by atoms with van der Waals surface area (Å²) in [5, 5.41) is 6.02. The van der Waals surface area contributed by atoms with Gasteiger partial charge in [0.1, 0.15) is 11.5 Å². The molecule has 7 heteroatoms. The summed E-state index contributed by atoms with van der Waals surface area (Å²) in [4.78, 5) is 21.3.